The van der Waals surface area contributed by atoms with E-state index in [1.54, 1.807) is 23.1 Å². The molecule has 2 amide bonds. The Bertz CT molecular complexity index is 843. The molecule has 1 fully saturated rings. The Balaban J connectivity index is 1.33. The van der Waals surface area contributed by atoms with Crippen LogP contribution in [0.5, 0.6) is 11.5 Å². The van der Waals surface area contributed by atoms with Crippen LogP contribution in [0.3, 0.4) is 0 Å². The van der Waals surface area contributed by atoms with Gasteiger partial charge < -0.3 is 19.7 Å². The Morgan fingerprint density at radius 3 is 2.69 bits per heavy atom. The molecule has 26 heavy (non-hydrogen) atoms. The van der Waals surface area contributed by atoms with E-state index in [2.05, 4.69) is 9.69 Å². The maximum atomic E-state index is 12.5. The zero-order chi connectivity index (χ0) is 18.1. The van der Waals surface area contributed by atoms with Crippen molar-refractivity contribution in [1.82, 2.24) is 9.27 Å². The standard InChI is InChI=1S/C18H19N3O4S/c1-11-8-14(20-26-11)18(23)21-6-4-12(5-7-21)17(22)19-13-2-3-15-16(9-13)25-10-24-15/h2-3,8-9,12H,4-7,10H2,1H3,(H,19,22). The first kappa shape index (κ1) is 16.8. The van der Waals surface area contributed by atoms with E-state index in [1.165, 1.54) is 11.5 Å². The predicted octanol–water partition coefficient (Wildman–Crippen LogP) is 2.67. The summed E-state index contributed by atoms with van der Waals surface area (Å²) in [5, 5.41) is 2.93. The smallest absolute Gasteiger partial charge is 0.273 e. The molecule has 2 aromatic rings. The third-order valence-corrected chi connectivity index (χ3v) is 5.33. The number of benzene rings is 1. The summed E-state index contributed by atoms with van der Waals surface area (Å²) >= 11 is 1.33. The quantitative estimate of drug-likeness (QED) is 0.895. The van der Waals surface area contributed by atoms with Gasteiger partial charge in [0.25, 0.3) is 5.91 Å². The van der Waals surface area contributed by atoms with Crippen LogP contribution in [0.25, 0.3) is 0 Å². The summed E-state index contributed by atoms with van der Waals surface area (Å²) in [6.45, 7) is 3.27. The highest BCUT2D eigenvalue weighted by molar-refractivity contribution is 7.05. The number of hydrogen-bond acceptors (Lipinski definition) is 6. The number of nitrogens with one attached hydrogen (secondary N) is 1. The molecule has 2 aliphatic rings. The Morgan fingerprint density at radius 1 is 1.19 bits per heavy atom. The number of aromatic nitrogens is 1. The van der Waals surface area contributed by atoms with E-state index in [0.717, 1.165) is 4.88 Å². The third kappa shape index (κ3) is 3.37. The van der Waals surface area contributed by atoms with Gasteiger partial charge in [0.15, 0.2) is 11.5 Å². The molecule has 1 N–H and O–H groups in total. The average molecular weight is 373 g/mol. The van der Waals surface area contributed by atoms with Gasteiger partial charge in [0.05, 0.1) is 0 Å². The number of rotatable bonds is 3. The highest BCUT2D eigenvalue weighted by atomic mass is 32.1. The van der Waals surface area contributed by atoms with Gasteiger partial charge in [0, 0.05) is 35.6 Å². The first-order chi connectivity index (χ1) is 12.6. The molecular formula is C18H19N3O4S. The number of likely N-dealkylation sites (tertiary alicyclic amines) is 1. The Labute approximate surface area is 155 Å². The second-order valence-corrected chi connectivity index (χ2v) is 7.46. The average Bonchev–Trinajstić information content (AvgIpc) is 3.29. The molecule has 3 heterocycles. The molecule has 1 aromatic carbocycles. The molecule has 7 nitrogen and oxygen atoms in total. The molecule has 1 saturated heterocycles. The molecule has 0 radical (unpaired) electrons. The number of ether oxygens (including phenoxy) is 2. The largest absolute Gasteiger partial charge is 0.454 e. The predicted molar refractivity (Wildman–Crippen MR) is 96.7 cm³/mol. The summed E-state index contributed by atoms with van der Waals surface area (Å²) in [5.41, 5.74) is 1.19. The lowest BCUT2D eigenvalue weighted by atomic mass is 9.95. The van der Waals surface area contributed by atoms with Crippen LogP contribution in [0, 0.1) is 12.8 Å². The molecule has 0 spiro atoms. The molecule has 2 aliphatic heterocycles. The number of piperidine rings is 1. The second kappa shape index (κ2) is 6.95. The van der Waals surface area contributed by atoms with Crippen LogP contribution in [-0.4, -0.2) is 41.0 Å². The minimum atomic E-state index is -0.110. The van der Waals surface area contributed by atoms with Gasteiger partial charge >= 0.3 is 0 Å². The summed E-state index contributed by atoms with van der Waals surface area (Å²) in [7, 11) is 0. The van der Waals surface area contributed by atoms with Gasteiger partial charge in [0.2, 0.25) is 12.7 Å². The number of hydrogen-bond donors (Lipinski definition) is 1. The number of anilines is 1. The zero-order valence-corrected chi connectivity index (χ0v) is 15.2. The summed E-state index contributed by atoms with van der Waals surface area (Å²) in [6, 6.07) is 7.17. The number of fused-ring (bicyclic) bond motifs is 1. The van der Waals surface area contributed by atoms with Crippen molar-refractivity contribution < 1.29 is 19.1 Å². The summed E-state index contributed by atoms with van der Waals surface area (Å²) in [6.07, 6.45) is 1.29. The molecule has 0 saturated carbocycles. The Hall–Kier alpha value is -2.61. The monoisotopic (exact) mass is 373 g/mol. The van der Waals surface area contributed by atoms with Gasteiger partial charge in [-0.2, -0.15) is 4.37 Å². The summed E-state index contributed by atoms with van der Waals surface area (Å²) in [5.74, 6) is 1.14. The van der Waals surface area contributed by atoms with E-state index < -0.39 is 0 Å². The molecule has 0 bridgehead atoms. The van der Waals surface area contributed by atoms with Crippen molar-refractivity contribution in [3.63, 3.8) is 0 Å². The normalized spacial score (nSPS) is 16.6. The van der Waals surface area contributed by atoms with E-state index in [0.29, 0.717) is 48.8 Å². The molecule has 0 unspecified atom stereocenters. The fourth-order valence-corrected chi connectivity index (χ4v) is 3.73. The van der Waals surface area contributed by atoms with Crippen molar-refractivity contribution in [1.29, 1.82) is 0 Å². The number of carbonyl (C=O) groups excluding carboxylic acids is 2. The second-order valence-electron chi connectivity index (χ2n) is 6.45. The molecular weight excluding hydrogens is 354 g/mol. The lowest BCUT2D eigenvalue weighted by Crippen LogP contribution is -2.41. The minimum Gasteiger partial charge on any atom is -0.454 e. The number of nitrogens with zero attached hydrogens (tertiary/aromatic N) is 2. The van der Waals surface area contributed by atoms with Gasteiger partial charge in [-0.15, -0.1) is 0 Å². The van der Waals surface area contributed by atoms with Gasteiger partial charge in [-0.3, -0.25) is 9.59 Å². The summed E-state index contributed by atoms with van der Waals surface area (Å²) < 4.78 is 14.8. The first-order valence-electron chi connectivity index (χ1n) is 8.53. The molecule has 4 rings (SSSR count). The lowest BCUT2D eigenvalue weighted by Gasteiger charge is -2.30. The minimum absolute atomic E-state index is 0.0273. The van der Waals surface area contributed by atoms with E-state index in [1.807, 2.05) is 13.0 Å². The third-order valence-electron chi connectivity index (χ3n) is 4.64. The number of carbonyl (C=O) groups is 2. The van der Waals surface area contributed by atoms with Crippen molar-refractivity contribution in [3.8, 4) is 11.5 Å². The number of amides is 2. The van der Waals surface area contributed by atoms with Gasteiger partial charge in [-0.25, -0.2) is 0 Å². The highest BCUT2D eigenvalue weighted by Crippen LogP contribution is 2.34. The Kier molecular flexibility index (Phi) is 4.50. The van der Waals surface area contributed by atoms with Gasteiger partial charge in [0.1, 0.15) is 5.69 Å². The topological polar surface area (TPSA) is 80.8 Å². The van der Waals surface area contributed by atoms with Crippen LogP contribution >= 0.6 is 11.5 Å². The van der Waals surface area contributed by atoms with Crippen molar-refractivity contribution >= 4 is 29.0 Å². The lowest BCUT2D eigenvalue weighted by molar-refractivity contribution is -0.121. The van der Waals surface area contributed by atoms with E-state index >= 15 is 0 Å². The maximum absolute atomic E-state index is 12.5. The first-order valence-corrected chi connectivity index (χ1v) is 9.30. The van der Waals surface area contributed by atoms with Crippen molar-refractivity contribution in [2.45, 2.75) is 19.8 Å². The SMILES string of the molecule is Cc1cc(C(=O)N2CCC(C(=O)Nc3ccc4c(c3)OCO4)CC2)ns1. The van der Waals surface area contributed by atoms with Crippen molar-refractivity contribution in [2.24, 2.45) is 5.92 Å². The highest BCUT2D eigenvalue weighted by Gasteiger charge is 2.29. The fraction of sp³-hybridized carbons (Fsp3) is 0.389. The molecule has 136 valence electrons. The van der Waals surface area contributed by atoms with Crippen LogP contribution in [0.4, 0.5) is 5.69 Å². The van der Waals surface area contributed by atoms with Gasteiger partial charge in [-0.1, -0.05) is 0 Å². The molecule has 8 heteroatoms. The van der Waals surface area contributed by atoms with Crippen LogP contribution in [0.2, 0.25) is 0 Å². The molecule has 1 aromatic heterocycles. The summed E-state index contributed by atoms with van der Waals surface area (Å²) in [4.78, 5) is 27.7. The Morgan fingerprint density at radius 2 is 1.96 bits per heavy atom. The van der Waals surface area contributed by atoms with Crippen molar-refractivity contribution in [2.75, 3.05) is 25.2 Å². The van der Waals surface area contributed by atoms with Crippen LogP contribution in [0.1, 0.15) is 28.2 Å². The van der Waals surface area contributed by atoms with Gasteiger partial charge in [-0.05, 0) is 49.5 Å². The fourth-order valence-electron chi connectivity index (χ4n) is 3.19. The zero-order valence-electron chi connectivity index (χ0n) is 14.4. The van der Waals surface area contributed by atoms with Crippen LogP contribution < -0.4 is 14.8 Å². The number of aryl methyl sites for hydroxylation is 1. The molecule has 0 aliphatic carbocycles. The van der Waals surface area contributed by atoms with Crippen LogP contribution in [-0.2, 0) is 4.79 Å². The molecule has 0 atom stereocenters. The van der Waals surface area contributed by atoms with Crippen LogP contribution in [0.15, 0.2) is 24.3 Å². The van der Waals surface area contributed by atoms with Crippen molar-refractivity contribution in [3.05, 3.63) is 34.8 Å². The maximum Gasteiger partial charge on any atom is 0.273 e. The van der Waals surface area contributed by atoms with E-state index in [4.69, 9.17) is 9.47 Å². The van der Waals surface area contributed by atoms with E-state index in [-0.39, 0.29) is 24.5 Å². The van der Waals surface area contributed by atoms with E-state index in [9.17, 15) is 9.59 Å².